The number of aliphatic hydroxyl groups is 1. The molecule has 5 heteroatoms. The summed E-state index contributed by atoms with van der Waals surface area (Å²) in [6, 6.07) is 23.9. The summed E-state index contributed by atoms with van der Waals surface area (Å²) in [6.45, 7) is 2.01. The van der Waals surface area contributed by atoms with Crippen LogP contribution in [0.15, 0.2) is 78.9 Å². The van der Waals surface area contributed by atoms with Gasteiger partial charge in [-0.1, -0.05) is 60.2 Å². The van der Waals surface area contributed by atoms with Crippen LogP contribution in [0.1, 0.15) is 35.3 Å². The van der Waals surface area contributed by atoms with Gasteiger partial charge >= 0.3 is 0 Å². The molecule has 3 aromatic rings. The summed E-state index contributed by atoms with van der Waals surface area (Å²) in [5.41, 5.74) is 3.88. The summed E-state index contributed by atoms with van der Waals surface area (Å²) in [4.78, 5) is 10.4. The van der Waals surface area contributed by atoms with Crippen LogP contribution in [0.5, 0.6) is 0 Å². The van der Waals surface area contributed by atoms with E-state index in [2.05, 4.69) is 5.32 Å². The molecule has 138 valence electrons. The van der Waals surface area contributed by atoms with Crippen molar-refractivity contribution in [2.75, 3.05) is 5.32 Å². The van der Waals surface area contributed by atoms with E-state index in [1.807, 2.05) is 61.5 Å². The predicted octanol–water partition coefficient (Wildman–Crippen LogP) is 5.18. The monoisotopic (exact) mass is 362 g/mol. The molecule has 5 nitrogen and oxygen atoms in total. The van der Waals surface area contributed by atoms with Crippen molar-refractivity contribution in [3.05, 3.63) is 106 Å². The number of rotatable bonds is 7. The second-order valence-electron chi connectivity index (χ2n) is 6.57. The lowest BCUT2D eigenvalue weighted by Crippen LogP contribution is -2.15. The number of non-ortho nitro benzene ring substituents is 1. The van der Waals surface area contributed by atoms with Crippen LogP contribution in [0.3, 0.4) is 0 Å². The first-order valence-electron chi connectivity index (χ1n) is 8.83. The molecule has 2 N–H and O–H groups in total. The van der Waals surface area contributed by atoms with Crippen LogP contribution < -0.4 is 5.32 Å². The molecule has 0 aliphatic heterocycles. The average molecular weight is 362 g/mol. The van der Waals surface area contributed by atoms with Gasteiger partial charge in [-0.15, -0.1) is 0 Å². The smallest absolute Gasteiger partial charge is 0.269 e. The van der Waals surface area contributed by atoms with Crippen molar-refractivity contribution < 1.29 is 10.0 Å². The van der Waals surface area contributed by atoms with Gasteiger partial charge in [0.25, 0.3) is 5.69 Å². The Hall–Kier alpha value is -3.18. The number of nitro benzene ring substituents is 1. The molecular weight excluding hydrogens is 340 g/mol. The zero-order valence-electron chi connectivity index (χ0n) is 15.1. The predicted molar refractivity (Wildman–Crippen MR) is 107 cm³/mol. The summed E-state index contributed by atoms with van der Waals surface area (Å²) in [6.07, 6.45) is -0.147. The van der Waals surface area contributed by atoms with Gasteiger partial charge in [0.15, 0.2) is 0 Å². The van der Waals surface area contributed by atoms with E-state index in [0.29, 0.717) is 6.42 Å². The topological polar surface area (TPSA) is 75.4 Å². The fourth-order valence-corrected chi connectivity index (χ4v) is 2.99. The van der Waals surface area contributed by atoms with E-state index < -0.39 is 11.0 Å². The molecule has 3 aromatic carbocycles. The second-order valence-corrected chi connectivity index (χ2v) is 6.57. The number of hydrogen-bond donors (Lipinski definition) is 2. The molecule has 0 amide bonds. The van der Waals surface area contributed by atoms with Crippen molar-refractivity contribution in [1.29, 1.82) is 0 Å². The molecule has 27 heavy (non-hydrogen) atoms. The van der Waals surface area contributed by atoms with Crippen molar-refractivity contribution in [2.45, 2.75) is 25.5 Å². The number of hydrogen-bond acceptors (Lipinski definition) is 4. The van der Waals surface area contributed by atoms with E-state index >= 15 is 0 Å². The van der Waals surface area contributed by atoms with Crippen LogP contribution >= 0.6 is 0 Å². The molecule has 3 rings (SSSR count). The van der Waals surface area contributed by atoms with Crippen LogP contribution in [0.2, 0.25) is 0 Å². The minimum atomic E-state index is -0.624. The molecule has 0 saturated heterocycles. The van der Waals surface area contributed by atoms with Crippen LogP contribution in [0.4, 0.5) is 11.4 Å². The molecule has 0 fully saturated rings. The number of nitro groups is 1. The minimum Gasteiger partial charge on any atom is -0.388 e. The summed E-state index contributed by atoms with van der Waals surface area (Å²) in [5, 5.41) is 24.9. The lowest BCUT2D eigenvalue weighted by molar-refractivity contribution is -0.384. The number of anilines is 1. The zero-order valence-corrected chi connectivity index (χ0v) is 15.1. The summed E-state index contributed by atoms with van der Waals surface area (Å²) in [5.74, 6) is 0. The van der Waals surface area contributed by atoms with E-state index in [9.17, 15) is 15.2 Å². The Balaban J connectivity index is 1.80. The Morgan fingerprint density at radius 2 is 1.56 bits per heavy atom. The number of aliphatic hydroxyl groups excluding tert-OH is 1. The van der Waals surface area contributed by atoms with Crippen molar-refractivity contribution >= 4 is 11.4 Å². The van der Waals surface area contributed by atoms with E-state index in [1.54, 1.807) is 12.1 Å². The summed E-state index contributed by atoms with van der Waals surface area (Å²) >= 11 is 0. The molecule has 0 saturated carbocycles. The maximum atomic E-state index is 10.8. The molecule has 0 bridgehead atoms. The summed E-state index contributed by atoms with van der Waals surface area (Å²) < 4.78 is 0. The second kappa shape index (κ2) is 8.47. The van der Waals surface area contributed by atoms with Gasteiger partial charge in [0, 0.05) is 24.2 Å². The maximum Gasteiger partial charge on any atom is 0.269 e. The van der Waals surface area contributed by atoms with Gasteiger partial charge in [-0.05, 0) is 30.2 Å². The lowest BCUT2D eigenvalue weighted by atomic mass is 9.96. The van der Waals surface area contributed by atoms with E-state index in [-0.39, 0.29) is 11.7 Å². The molecule has 2 atom stereocenters. The Morgan fingerprint density at radius 1 is 0.926 bits per heavy atom. The quantitative estimate of drug-likeness (QED) is 0.448. The van der Waals surface area contributed by atoms with Crippen molar-refractivity contribution in [1.82, 2.24) is 0 Å². The highest BCUT2D eigenvalue weighted by Gasteiger charge is 2.18. The average Bonchev–Trinajstić information content (AvgIpc) is 2.69. The largest absolute Gasteiger partial charge is 0.388 e. The fraction of sp³-hybridized carbons (Fsp3) is 0.182. The van der Waals surface area contributed by atoms with Gasteiger partial charge in [0.1, 0.15) is 0 Å². The Morgan fingerprint density at radius 3 is 2.15 bits per heavy atom. The van der Waals surface area contributed by atoms with Crippen LogP contribution in [-0.2, 0) is 0 Å². The molecule has 0 aliphatic rings. The van der Waals surface area contributed by atoms with Crippen molar-refractivity contribution in [2.24, 2.45) is 0 Å². The van der Waals surface area contributed by atoms with Gasteiger partial charge in [-0.25, -0.2) is 0 Å². The fourth-order valence-electron chi connectivity index (χ4n) is 2.99. The Kier molecular flexibility index (Phi) is 5.84. The molecular formula is C22H22N2O3. The molecule has 0 spiro atoms. The highest BCUT2D eigenvalue weighted by atomic mass is 16.6. The van der Waals surface area contributed by atoms with Gasteiger partial charge in [0.05, 0.1) is 17.1 Å². The number of aryl methyl sites for hydroxylation is 1. The van der Waals surface area contributed by atoms with E-state index in [4.69, 9.17) is 0 Å². The highest BCUT2D eigenvalue weighted by Crippen LogP contribution is 2.30. The zero-order chi connectivity index (χ0) is 19.2. The highest BCUT2D eigenvalue weighted by molar-refractivity contribution is 5.50. The van der Waals surface area contributed by atoms with Crippen LogP contribution in [-0.4, -0.2) is 10.0 Å². The third-order valence-electron chi connectivity index (χ3n) is 4.54. The third kappa shape index (κ3) is 4.92. The molecule has 0 aromatic heterocycles. The van der Waals surface area contributed by atoms with Crippen molar-refractivity contribution in [3.63, 3.8) is 0 Å². The third-order valence-corrected chi connectivity index (χ3v) is 4.54. The first kappa shape index (κ1) is 18.6. The van der Waals surface area contributed by atoms with E-state index in [1.165, 1.54) is 12.1 Å². The standard InChI is InChI=1S/C22H22N2O3/c1-16-7-9-18(10-8-16)22(25)15-21(17-5-3-2-4-6-17)23-19-11-13-20(14-12-19)24(26)27/h2-14,21-23,25H,15H2,1H3. The lowest BCUT2D eigenvalue weighted by Gasteiger charge is -2.23. The maximum absolute atomic E-state index is 10.8. The molecule has 2 unspecified atom stereocenters. The van der Waals surface area contributed by atoms with E-state index in [0.717, 1.165) is 22.4 Å². The van der Waals surface area contributed by atoms with Crippen LogP contribution in [0, 0.1) is 17.0 Å². The molecule has 0 aliphatic carbocycles. The Labute approximate surface area is 158 Å². The number of benzene rings is 3. The number of nitrogens with one attached hydrogen (secondary N) is 1. The van der Waals surface area contributed by atoms with Gasteiger partial charge in [-0.3, -0.25) is 10.1 Å². The number of nitrogens with zero attached hydrogens (tertiary/aromatic N) is 1. The first-order chi connectivity index (χ1) is 13.0. The first-order valence-corrected chi connectivity index (χ1v) is 8.83. The van der Waals surface area contributed by atoms with Crippen LogP contribution in [0.25, 0.3) is 0 Å². The van der Waals surface area contributed by atoms with Crippen molar-refractivity contribution in [3.8, 4) is 0 Å². The van der Waals surface area contributed by atoms with Gasteiger partial charge in [0.2, 0.25) is 0 Å². The minimum absolute atomic E-state index is 0.0523. The van der Waals surface area contributed by atoms with Gasteiger partial charge in [-0.2, -0.15) is 0 Å². The molecule has 0 radical (unpaired) electrons. The SMILES string of the molecule is Cc1ccc(C(O)CC(Nc2ccc([N+](=O)[O-])cc2)c2ccccc2)cc1. The molecule has 0 heterocycles. The summed E-state index contributed by atoms with van der Waals surface area (Å²) in [7, 11) is 0. The Bertz CT molecular complexity index is 878. The normalized spacial score (nSPS) is 13.0. The van der Waals surface area contributed by atoms with Gasteiger partial charge < -0.3 is 10.4 Å².